The van der Waals surface area contributed by atoms with Crippen LogP contribution in [0.25, 0.3) is 0 Å². The van der Waals surface area contributed by atoms with E-state index in [4.69, 9.17) is 41.2 Å². The summed E-state index contributed by atoms with van der Waals surface area (Å²) >= 11 is 18.5. The minimum absolute atomic E-state index is 0.125. The molecule has 2 N–H and O–H groups in total. The van der Waals surface area contributed by atoms with Crippen LogP contribution in [-0.2, 0) is 20.5 Å². The van der Waals surface area contributed by atoms with E-state index in [1.807, 2.05) is 5.92 Å². The van der Waals surface area contributed by atoms with E-state index in [0.29, 0.717) is 18.2 Å². The molecule has 0 unspecified atom stereocenters. The number of carbonyl (C=O) groups excluding carboxylic acids is 3. The first-order valence-electron chi connectivity index (χ1n) is 13.3. The summed E-state index contributed by atoms with van der Waals surface area (Å²) in [4.78, 5) is 38.6. The molecule has 0 aliphatic heterocycles. The zero-order valence-electron chi connectivity index (χ0n) is 23.9. The Balaban J connectivity index is 1.55. The third kappa shape index (κ3) is 8.35. The van der Waals surface area contributed by atoms with Crippen molar-refractivity contribution in [2.24, 2.45) is 5.92 Å². The Kier molecular flexibility index (Phi) is 10.7. The van der Waals surface area contributed by atoms with Gasteiger partial charge in [-0.25, -0.2) is 13.2 Å². The molecule has 0 spiro atoms. The zero-order valence-corrected chi connectivity index (χ0v) is 26.1. The number of ether oxygens (including phenoxy) is 1. The molecule has 3 aromatic carbocycles. The number of hydrogen-bond donors (Lipinski definition) is 2. The molecule has 0 bridgehead atoms. The SMILES string of the molecule is C#CCN(C(=O)COC(F)(F)F)c1c(F)ccc(NC(=O)c2cc(NC(=O)[C@H]3[C@H](c4ccc(F)c(C(F)(F)F)c4)C3(Cl)Cl)ccc2Cl)c1F. The van der Waals surface area contributed by atoms with E-state index in [0.717, 1.165) is 24.3 Å². The molecule has 7 nitrogen and oxygen atoms in total. The van der Waals surface area contributed by atoms with Crippen LogP contribution in [-0.4, -0.2) is 41.6 Å². The van der Waals surface area contributed by atoms with Gasteiger partial charge in [-0.1, -0.05) is 23.6 Å². The van der Waals surface area contributed by atoms with Crippen LogP contribution in [0.1, 0.15) is 27.4 Å². The van der Waals surface area contributed by atoms with E-state index in [2.05, 4.69) is 15.4 Å². The van der Waals surface area contributed by atoms with E-state index in [1.165, 1.54) is 6.07 Å². The summed E-state index contributed by atoms with van der Waals surface area (Å²) in [7, 11) is 0. The summed E-state index contributed by atoms with van der Waals surface area (Å²) in [5.74, 6) is -8.89. The monoisotopic (exact) mass is 759 g/mol. The first-order valence-corrected chi connectivity index (χ1v) is 14.4. The van der Waals surface area contributed by atoms with Crippen molar-refractivity contribution in [2.75, 3.05) is 28.7 Å². The van der Waals surface area contributed by atoms with Crippen LogP contribution < -0.4 is 15.5 Å². The number of nitrogens with one attached hydrogen (secondary N) is 2. The van der Waals surface area contributed by atoms with Crippen molar-refractivity contribution in [3.8, 4) is 12.3 Å². The molecule has 19 heteroatoms. The van der Waals surface area contributed by atoms with Crippen molar-refractivity contribution < 1.29 is 58.6 Å². The second-order valence-electron chi connectivity index (χ2n) is 10.2. The van der Waals surface area contributed by atoms with Gasteiger partial charge in [-0.2, -0.15) is 13.2 Å². The number of rotatable bonds is 9. The summed E-state index contributed by atoms with van der Waals surface area (Å²) in [6, 6.07) is 6.68. The van der Waals surface area contributed by atoms with E-state index >= 15 is 4.39 Å². The topological polar surface area (TPSA) is 87.7 Å². The third-order valence-electron chi connectivity index (χ3n) is 6.96. The number of hydrogen-bond acceptors (Lipinski definition) is 4. The molecule has 3 aromatic rings. The van der Waals surface area contributed by atoms with Gasteiger partial charge < -0.3 is 10.6 Å². The minimum atomic E-state index is -5.25. The molecule has 260 valence electrons. The molecule has 1 saturated carbocycles. The number of amides is 3. The first kappa shape index (κ1) is 37.6. The van der Waals surface area contributed by atoms with Gasteiger partial charge in [0.1, 0.15) is 28.3 Å². The highest BCUT2D eigenvalue weighted by Gasteiger charge is 2.67. The lowest BCUT2D eigenvalue weighted by molar-refractivity contribution is -0.320. The predicted molar refractivity (Wildman–Crippen MR) is 160 cm³/mol. The fourth-order valence-electron chi connectivity index (χ4n) is 4.70. The van der Waals surface area contributed by atoms with Crippen LogP contribution >= 0.6 is 34.8 Å². The second-order valence-corrected chi connectivity index (χ2v) is 12.0. The molecule has 49 heavy (non-hydrogen) atoms. The summed E-state index contributed by atoms with van der Waals surface area (Å²) in [5, 5.41) is 4.18. The van der Waals surface area contributed by atoms with Gasteiger partial charge in [0.05, 0.1) is 34.3 Å². The maximum atomic E-state index is 15.4. The van der Waals surface area contributed by atoms with Crippen LogP contribution in [0.3, 0.4) is 0 Å². The Morgan fingerprint density at radius 2 is 1.59 bits per heavy atom. The highest BCUT2D eigenvalue weighted by molar-refractivity contribution is 6.53. The van der Waals surface area contributed by atoms with E-state index in [1.54, 1.807) is 0 Å². The van der Waals surface area contributed by atoms with Crippen molar-refractivity contribution in [3.05, 3.63) is 87.7 Å². The molecular weight excluding hydrogens is 744 g/mol. The van der Waals surface area contributed by atoms with Gasteiger partial charge in [0.2, 0.25) is 5.91 Å². The number of carbonyl (C=O) groups is 3. The van der Waals surface area contributed by atoms with Gasteiger partial charge >= 0.3 is 12.5 Å². The van der Waals surface area contributed by atoms with Gasteiger partial charge in [-0.15, -0.1) is 42.8 Å². The average Bonchev–Trinajstić information content (AvgIpc) is 3.58. The molecule has 1 aliphatic rings. The number of nitrogens with zero attached hydrogens (tertiary/aromatic N) is 1. The Bertz CT molecular complexity index is 1860. The van der Waals surface area contributed by atoms with Gasteiger partial charge in [-0.3, -0.25) is 24.0 Å². The highest BCUT2D eigenvalue weighted by atomic mass is 35.5. The third-order valence-corrected chi connectivity index (χ3v) is 8.23. The quantitative estimate of drug-likeness (QED) is 0.131. The zero-order chi connectivity index (χ0) is 36.6. The van der Waals surface area contributed by atoms with Crippen molar-refractivity contribution in [1.29, 1.82) is 0 Å². The maximum Gasteiger partial charge on any atom is 0.523 e. The predicted octanol–water partition coefficient (Wildman–Crippen LogP) is 8.06. The Morgan fingerprint density at radius 1 is 0.939 bits per heavy atom. The number of alkyl halides is 8. The Labute approximate surface area is 285 Å². The fraction of sp³-hybridized carbons (Fsp3) is 0.233. The summed E-state index contributed by atoms with van der Waals surface area (Å²) < 4.78 is 122. The van der Waals surface area contributed by atoms with Gasteiger partial charge in [-0.05, 0) is 48.0 Å². The Morgan fingerprint density at radius 3 is 2.20 bits per heavy atom. The van der Waals surface area contributed by atoms with Crippen LogP contribution in [0, 0.1) is 35.7 Å². The van der Waals surface area contributed by atoms with Crippen LogP contribution in [0.15, 0.2) is 48.5 Å². The average molecular weight is 761 g/mol. The largest absolute Gasteiger partial charge is 0.523 e. The lowest BCUT2D eigenvalue weighted by Crippen LogP contribution is -2.37. The molecule has 0 radical (unpaired) electrons. The van der Waals surface area contributed by atoms with Gasteiger partial charge in [0.25, 0.3) is 11.8 Å². The fourth-order valence-corrected chi connectivity index (χ4v) is 5.73. The first-order chi connectivity index (χ1) is 22.7. The molecule has 2 atom stereocenters. The Hall–Kier alpha value is -4.17. The van der Waals surface area contributed by atoms with Crippen LogP contribution in [0.4, 0.5) is 56.6 Å². The summed E-state index contributed by atoms with van der Waals surface area (Å²) in [5.41, 5.74) is -4.28. The minimum Gasteiger partial charge on any atom is -0.326 e. The molecule has 0 aromatic heterocycles. The van der Waals surface area contributed by atoms with Crippen molar-refractivity contribution in [2.45, 2.75) is 22.8 Å². The normalized spacial score (nSPS) is 16.8. The second kappa shape index (κ2) is 14.0. The number of terminal acetylenes is 1. The van der Waals surface area contributed by atoms with E-state index in [-0.39, 0.29) is 21.2 Å². The van der Waals surface area contributed by atoms with Gasteiger partial charge in [0, 0.05) is 11.6 Å². The number of benzene rings is 3. The van der Waals surface area contributed by atoms with Crippen LogP contribution in [0.5, 0.6) is 0 Å². The lowest BCUT2D eigenvalue weighted by Gasteiger charge is -2.23. The molecule has 0 saturated heterocycles. The van der Waals surface area contributed by atoms with Crippen molar-refractivity contribution >= 4 is 69.6 Å². The maximum absolute atomic E-state index is 15.4. The standard InChI is InChI=1S/C30H17Cl3F9N3O4/c1-2-9-45(21(46)12-49-30(40,41)42)25-19(35)7-8-20(24(25)36)44-26(47)15-11-14(4-5-17(15)31)43-27(48)23-22(28(23,32)33)13-3-6-18(34)16(10-13)29(37,38)39/h1,3-8,10-11,22-23H,9,12H2,(H,43,48)(H,44,47)/t22-,23+/m0/s1. The highest BCUT2D eigenvalue weighted by Crippen LogP contribution is 2.65. The van der Waals surface area contributed by atoms with E-state index in [9.17, 15) is 49.5 Å². The number of anilines is 3. The molecule has 0 heterocycles. The lowest BCUT2D eigenvalue weighted by atomic mass is 10.0. The molecule has 3 amide bonds. The molecule has 1 fully saturated rings. The van der Waals surface area contributed by atoms with Crippen LogP contribution in [0.2, 0.25) is 5.02 Å². The molecule has 1 aliphatic carbocycles. The van der Waals surface area contributed by atoms with Gasteiger partial charge in [0.15, 0.2) is 5.82 Å². The van der Waals surface area contributed by atoms with Crippen molar-refractivity contribution in [1.82, 2.24) is 0 Å². The molecular formula is C30H17Cl3F9N3O4. The van der Waals surface area contributed by atoms with Crippen molar-refractivity contribution in [3.63, 3.8) is 0 Å². The number of halogens is 12. The smallest absolute Gasteiger partial charge is 0.326 e. The summed E-state index contributed by atoms with van der Waals surface area (Å²) in [6.07, 6.45) is -5.18. The summed E-state index contributed by atoms with van der Waals surface area (Å²) in [6.45, 7) is -2.57. The molecule has 4 rings (SSSR count). The van der Waals surface area contributed by atoms with E-state index < -0.39 is 99.5 Å².